The third-order valence-corrected chi connectivity index (χ3v) is 3.92. The summed E-state index contributed by atoms with van der Waals surface area (Å²) in [4.78, 5) is 27.4. The lowest BCUT2D eigenvalue weighted by atomic mass is 10.1. The van der Waals surface area contributed by atoms with Gasteiger partial charge in [-0.05, 0) is 32.7 Å². The highest BCUT2D eigenvalue weighted by Crippen LogP contribution is 2.20. The lowest BCUT2D eigenvalue weighted by molar-refractivity contribution is -0.130. The maximum absolute atomic E-state index is 11.9. The number of rotatable bonds is 3. The molecule has 1 atom stereocenters. The summed E-state index contributed by atoms with van der Waals surface area (Å²) in [5.41, 5.74) is 0. The molecular formula is C13H23N3O2. The van der Waals surface area contributed by atoms with Crippen LogP contribution in [0.4, 0.5) is 0 Å². The number of nitrogens with one attached hydrogen (secondary N) is 1. The van der Waals surface area contributed by atoms with Gasteiger partial charge in [0.15, 0.2) is 0 Å². The number of hydrogen-bond donors (Lipinski definition) is 1. The molecular weight excluding hydrogens is 230 g/mol. The maximum atomic E-state index is 11.9. The Labute approximate surface area is 108 Å². The topological polar surface area (TPSA) is 52.6 Å². The van der Waals surface area contributed by atoms with E-state index in [4.69, 9.17) is 0 Å². The minimum Gasteiger partial charge on any atom is -0.347 e. The van der Waals surface area contributed by atoms with Gasteiger partial charge in [0.1, 0.15) is 0 Å². The van der Waals surface area contributed by atoms with Crippen LogP contribution in [0.5, 0.6) is 0 Å². The van der Waals surface area contributed by atoms with Gasteiger partial charge in [-0.1, -0.05) is 0 Å². The first-order chi connectivity index (χ1) is 8.56. The van der Waals surface area contributed by atoms with E-state index in [1.54, 1.807) is 0 Å². The number of nitrogens with zero attached hydrogens (tertiary/aromatic N) is 2. The van der Waals surface area contributed by atoms with Crippen molar-refractivity contribution in [3.63, 3.8) is 0 Å². The van der Waals surface area contributed by atoms with Crippen LogP contribution in [0.25, 0.3) is 0 Å². The quantitative estimate of drug-likeness (QED) is 0.774. The molecule has 1 unspecified atom stereocenters. The Hall–Kier alpha value is -1.10. The van der Waals surface area contributed by atoms with E-state index in [2.05, 4.69) is 24.1 Å². The first kappa shape index (κ1) is 13.3. The van der Waals surface area contributed by atoms with Crippen LogP contribution in [0.2, 0.25) is 0 Å². The molecule has 1 N–H and O–H groups in total. The predicted molar refractivity (Wildman–Crippen MR) is 69.0 cm³/mol. The van der Waals surface area contributed by atoms with Crippen LogP contribution < -0.4 is 5.32 Å². The number of likely N-dealkylation sites (tertiary alicyclic amines) is 1. The number of hydrogen-bond acceptors (Lipinski definition) is 3. The Morgan fingerprint density at radius 2 is 2.11 bits per heavy atom. The van der Waals surface area contributed by atoms with E-state index in [1.165, 1.54) is 0 Å². The monoisotopic (exact) mass is 253 g/mol. The lowest BCUT2D eigenvalue weighted by Crippen LogP contribution is -2.39. The molecule has 0 spiro atoms. The molecule has 0 bridgehead atoms. The number of amides is 2. The SMILES string of the molecule is CC(C)N1CCC(CN2CCC(=O)NCC2=O)C1. The summed E-state index contributed by atoms with van der Waals surface area (Å²) < 4.78 is 0. The molecule has 2 aliphatic heterocycles. The molecule has 0 aromatic heterocycles. The number of carbonyl (C=O) groups excluding carboxylic acids is 2. The minimum atomic E-state index is -0.0129. The van der Waals surface area contributed by atoms with Crippen LogP contribution in [0.15, 0.2) is 0 Å². The van der Waals surface area contributed by atoms with Gasteiger partial charge in [0.2, 0.25) is 11.8 Å². The van der Waals surface area contributed by atoms with E-state index >= 15 is 0 Å². The lowest BCUT2D eigenvalue weighted by Gasteiger charge is -2.25. The fourth-order valence-corrected chi connectivity index (χ4v) is 2.72. The molecule has 0 radical (unpaired) electrons. The van der Waals surface area contributed by atoms with E-state index in [9.17, 15) is 9.59 Å². The normalized spacial score (nSPS) is 26.6. The fourth-order valence-electron chi connectivity index (χ4n) is 2.72. The van der Waals surface area contributed by atoms with Crippen LogP contribution in [0.3, 0.4) is 0 Å². The molecule has 2 rings (SSSR count). The van der Waals surface area contributed by atoms with Gasteiger partial charge in [-0.15, -0.1) is 0 Å². The second-order valence-corrected chi connectivity index (χ2v) is 5.61. The zero-order valence-corrected chi connectivity index (χ0v) is 11.3. The average Bonchev–Trinajstić information content (AvgIpc) is 2.74. The molecule has 2 amide bonds. The first-order valence-corrected chi connectivity index (χ1v) is 6.85. The smallest absolute Gasteiger partial charge is 0.241 e. The molecule has 2 aliphatic rings. The second-order valence-electron chi connectivity index (χ2n) is 5.61. The molecule has 5 nitrogen and oxygen atoms in total. The van der Waals surface area contributed by atoms with Gasteiger partial charge in [-0.3, -0.25) is 9.59 Å². The van der Waals surface area contributed by atoms with E-state index in [0.29, 0.717) is 24.9 Å². The fraction of sp³-hybridized carbons (Fsp3) is 0.846. The summed E-state index contributed by atoms with van der Waals surface area (Å²) in [5, 5.41) is 2.64. The molecule has 0 aromatic rings. The Bertz CT molecular complexity index is 330. The van der Waals surface area contributed by atoms with Crippen LogP contribution in [0.1, 0.15) is 26.7 Å². The third-order valence-electron chi connectivity index (χ3n) is 3.92. The Morgan fingerprint density at radius 3 is 2.78 bits per heavy atom. The highest BCUT2D eigenvalue weighted by Gasteiger charge is 2.28. The van der Waals surface area contributed by atoms with Gasteiger partial charge >= 0.3 is 0 Å². The van der Waals surface area contributed by atoms with Crippen molar-refractivity contribution in [3.05, 3.63) is 0 Å². The highest BCUT2D eigenvalue weighted by molar-refractivity contribution is 5.87. The van der Waals surface area contributed by atoms with Gasteiger partial charge in [0.05, 0.1) is 6.54 Å². The minimum absolute atomic E-state index is 0.0129. The molecule has 2 saturated heterocycles. The highest BCUT2D eigenvalue weighted by atomic mass is 16.2. The predicted octanol–water partition coefficient (Wildman–Crippen LogP) is 0.0652. The second kappa shape index (κ2) is 5.69. The first-order valence-electron chi connectivity index (χ1n) is 6.85. The van der Waals surface area contributed by atoms with Crippen molar-refractivity contribution in [2.24, 2.45) is 5.92 Å². The average molecular weight is 253 g/mol. The standard InChI is InChI=1S/C13H23N3O2/c1-10(2)15-5-3-11(8-15)9-16-6-4-12(17)14-7-13(16)18/h10-11H,3-9H2,1-2H3,(H,14,17). The van der Waals surface area contributed by atoms with Gasteiger partial charge < -0.3 is 15.1 Å². The van der Waals surface area contributed by atoms with E-state index in [0.717, 1.165) is 26.1 Å². The largest absolute Gasteiger partial charge is 0.347 e. The van der Waals surface area contributed by atoms with E-state index < -0.39 is 0 Å². The van der Waals surface area contributed by atoms with Crippen LogP contribution in [0, 0.1) is 5.92 Å². The third kappa shape index (κ3) is 3.22. The Morgan fingerprint density at radius 1 is 1.33 bits per heavy atom. The summed E-state index contributed by atoms with van der Waals surface area (Å²) in [7, 11) is 0. The van der Waals surface area contributed by atoms with Crippen molar-refractivity contribution < 1.29 is 9.59 Å². The van der Waals surface area contributed by atoms with Gasteiger partial charge in [0.25, 0.3) is 0 Å². The molecule has 5 heteroatoms. The van der Waals surface area contributed by atoms with Gasteiger partial charge in [-0.2, -0.15) is 0 Å². The van der Waals surface area contributed by atoms with Gasteiger partial charge in [-0.25, -0.2) is 0 Å². The molecule has 0 aliphatic carbocycles. The zero-order chi connectivity index (χ0) is 13.1. The van der Waals surface area contributed by atoms with Crippen LogP contribution in [-0.2, 0) is 9.59 Å². The van der Waals surface area contributed by atoms with Crippen LogP contribution >= 0.6 is 0 Å². The molecule has 2 fully saturated rings. The Balaban J connectivity index is 1.85. The summed E-state index contributed by atoms with van der Waals surface area (Å²) in [6.07, 6.45) is 1.59. The molecule has 0 aromatic carbocycles. The van der Waals surface area contributed by atoms with Gasteiger partial charge in [0, 0.05) is 32.1 Å². The van der Waals surface area contributed by atoms with Crippen molar-refractivity contribution in [1.29, 1.82) is 0 Å². The summed E-state index contributed by atoms with van der Waals surface area (Å²) in [6.45, 7) is 8.16. The van der Waals surface area contributed by atoms with Crippen molar-refractivity contribution >= 4 is 11.8 Å². The molecule has 0 saturated carbocycles. The van der Waals surface area contributed by atoms with Crippen molar-refractivity contribution in [2.75, 3.05) is 32.7 Å². The maximum Gasteiger partial charge on any atom is 0.241 e. The summed E-state index contributed by atoms with van der Waals surface area (Å²) in [6, 6.07) is 0.582. The summed E-state index contributed by atoms with van der Waals surface area (Å²) in [5.74, 6) is 0.606. The summed E-state index contributed by atoms with van der Waals surface area (Å²) >= 11 is 0. The van der Waals surface area contributed by atoms with E-state index in [1.807, 2.05) is 4.90 Å². The van der Waals surface area contributed by atoms with E-state index in [-0.39, 0.29) is 18.4 Å². The van der Waals surface area contributed by atoms with Crippen molar-refractivity contribution in [1.82, 2.24) is 15.1 Å². The molecule has 102 valence electrons. The van der Waals surface area contributed by atoms with Crippen molar-refractivity contribution in [3.8, 4) is 0 Å². The molecule has 18 heavy (non-hydrogen) atoms. The zero-order valence-electron chi connectivity index (χ0n) is 11.3. The van der Waals surface area contributed by atoms with Crippen LogP contribution in [-0.4, -0.2) is 60.4 Å². The number of carbonyl (C=O) groups is 2. The molecule has 2 heterocycles. The van der Waals surface area contributed by atoms with Crippen molar-refractivity contribution in [2.45, 2.75) is 32.7 Å². The Kier molecular flexibility index (Phi) is 4.22.